The Morgan fingerprint density at radius 2 is 2.00 bits per heavy atom. The van der Waals surface area contributed by atoms with Gasteiger partial charge in [-0.25, -0.2) is 0 Å². The standard InChI is InChI=1S/C11H15BrO2/c1-7-6-10(12)8(2)9(11(7)14)4-3-5-13/h6,13-14H,3-5H2,1-2H3. The Morgan fingerprint density at radius 3 is 2.57 bits per heavy atom. The zero-order valence-electron chi connectivity index (χ0n) is 8.47. The van der Waals surface area contributed by atoms with Crippen molar-refractivity contribution in [3.05, 3.63) is 27.2 Å². The van der Waals surface area contributed by atoms with E-state index in [0.717, 1.165) is 21.2 Å². The summed E-state index contributed by atoms with van der Waals surface area (Å²) in [6.07, 6.45) is 1.40. The molecule has 0 saturated heterocycles. The first-order valence-electron chi connectivity index (χ1n) is 4.66. The number of aliphatic hydroxyl groups is 1. The monoisotopic (exact) mass is 258 g/mol. The molecule has 1 aromatic rings. The van der Waals surface area contributed by atoms with Gasteiger partial charge in [0, 0.05) is 11.1 Å². The van der Waals surface area contributed by atoms with Gasteiger partial charge in [-0.3, -0.25) is 0 Å². The summed E-state index contributed by atoms with van der Waals surface area (Å²) in [6.45, 7) is 4.00. The largest absolute Gasteiger partial charge is 0.507 e. The normalized spacial score (nSPS) is 10.6. The molecular weight excluding hydrogens is 244 g/mol. The van der Waals surface area contributed by atoms with E-state index in [0.29, 0.717) is 18.6 Å². The molecule has 0 aliphatic rings. The maximum Gasteiger partial charge on any atom is 0.122 e. The number of hydrogen-bond acceptors (Lipinski definition) is 2. The molecule has 78 valence electrons. The quantitative estimate of drug-likeness (QED) is 0.876. The van der Waals surface area contributed by atoms with Crippen molar-refractivity contribution in [2.24, 2.45) is 0 Å². The number of rotatable bonds is 3. The Kier molecular flexibility index (Phi) is 3.96. The van der Waals surface area contributed by atoms with Gasteiger partial charge in [-0.15, -0.1) is 0 Å². The van der Waals surface area contributed by atoms with Crippen LogP contribution in [0, 0.1) is 13.8 Å². The highest BCUT2D eigenvalue weighted by molar-refractivity contribution is 9.10. The number of aliphatic hydroxyl groups excluding tert-OH is 1. The van der Waals surface area contributed by atoms with Crippen LogP contribution in [0.1, 0.15) is 23.1 Å². The summed E-state index contributed by atoms with van der Waals surface area (Å²) in [7, 11) is 0. The van der Waals surface area contributed by atoms with Gasteiger partial charge in [-0.1, -0.05) is 15.9 Å². The first kappa shape index (κ1) is 11.5. The van der Waals surface area contributed by atoms with Crippen molar-refractivity contribution in [1.29, 1.82) is 0 Å². The average molecular weight is 259 g/mol. The fourth-order valence-electron chi connectivity index (χ4n) is 1.49. The predicted molar refractivity (Wildman–Crippen MR) is 60.7 cm³/mol. The Morgan fingerprint density at radius 1 is 1.36 bits per heavy atom. The first-order valence-corrected chi connectivity index (χ1v) is 5.45. The minimum absolute atomic E-state index is 0.157. The van der Waals surface area contributed by atoms with E-state index in [1.54, 1.807) is 0 Å². The van der Waals surface area contributed by atoms with Crippen molar-refractivity contribution in [3.63, 3.8) is 0 Å². The lowest BCUT2D eigenvalue weighted by molar-refractivity contribution is 0.288. The second kappa shape index (κ2) is 4.80. The summed E-state index contributed by atoms with van der Waals surface area (Å²) in [5, 5.41) is 18.6. The third-order valence-corrected chi connectivity index (χ3v) is 3.22. The minimum atomic E-state index is 0.157. The molecule has 3 heteroatoms. The van der Waals surface area contributed by atoms with Crippen molar-refractivity contribution in [2.45, 2.75) is 26.7 Å². The summed E-state index contributed by atoms with van der Waals surface area (Å²) in [6, 6.07) is 1.91. The van der Waals surface area contributed by atoms with Crippen LogP contribution < -0.4 is 0 Å². The predicted octanol–water partition coefficient (Wildman–Crippen LogP) is 2.70. The molecule has 0 aliphatic carbocycles. The van der Waals surface area contributed by atoms with Crippen LogP contribution in [0.2, 0.25) is 0 Å². The molecule has 0 spiro atoms. The molecule has 0 unspecified atom stereocenters. The van der Waals surface area contributed by atoms with E-state index in [2.05, 4.69) is 15.9 Å². The molecule has 0 fully saturated rings. The van der Waals surface area contributed by atoms with Gasteiger partial charge in [0.05, 0.1) is 0 Å². The second-order valence-corrected chi connectivity index (χ2v) is 4.31. The van der Waals surface area contributed by atoms with Gasteiger partial charge in [0.1, 0.15) is 5.75 Å². The summed E-state index contributed by atoms with van der Waals surface area (Å²) >= 11 is 3.45. The van der Waals surface area contributed by atoms with E-state index in [9.17, 15) is 5.11 Å². The van der Waals surface area contributed by atoms with Gasteiger partial charge in [0.15, 0.2) is 0 Å². The van der Waals surface area contributed by atoms with Crippen LogP contribution in [0.15, 0.2) is 10.5 Å². The number of halogens is 1. The van der Waals surface area contributed by atoms with E-state index in [-0.39, 0.29) is 6.61 Å². The van der Waals surface area contributed by atoms with E-state index in [1.165, 1.54) is 0 Å². The smallest absolute Gasteiger partial charge is 0.122 e. The van der Waals surface area contributed by atoms with E-state index in [1.807, 2.05) is 19.9 Å². The molecule has 0 aromatic heterocycles. The number of phenols is 1. The third-order valence-electron chi connectivity index (χ3n) is 2.40. The molecule has 0 amide bonds. The van der Waals surface area contributed by atoms with Crippen LogP contribution in [-0.4, -0.2) is 16.8 Å². The molecule has 0 atom stereocenters. The molecule has 1 aromatic carbocycles. The molecule has 0 aliphatic heterocycles. The lowest BCUT2D eigenvalue weighted by Gasteiger charge is -2.12. The molecule has 0 heterocycles. The summed E-state index contributed by atoms with van der Waals surface area (Å²) in [4.78, 5) is 0. The molecule has 0 bridgehead atoms. The van der Waals surface area contributed by atoms with Crippen molar-refractivity contribution >= 4 is 15.9 Å². The van der Waals surface area contributed by atoms with Gasteiger partial charge in [-0.05, 0) is 49.4 Å². The molecule has 2 N–H and O–H groups in total. The van der Waals surface area contributed by atoms with Crippen LogP contribution in [0.4, 0.5) is 0 Å². The van der Waals surface area contributed by atoms with E-state index < -0.39 is 0 Å². The third kappa shape index (κ3) is 2.28. The Bertz CT molecular complexity index is 308. The van der Waals surface area contributed by atoms with Gasteiger partial charge < -0.3 is 10.2 Å². The Labute approximate surface area is 92.7 Å². The minimum Gasteiger partial charge on any atom is -0.507 e. The van der Waals surface area contributed by atoms with Crippen LogP contribution in [-0.2, 0) is 6.42 Å². The highest BCUT2D eigenvalue weighted by Gasteiger charge is 2.10. The number of benzene rings is 1. The zero-order chi connectivity index (χ0) is 10.7. The Balaban J connectivity index is 3.11. The van der Waals surface area contributed by atoms with Crippen LogP contribution in [0.25, 0.3) is 0 Å². The number of aromatic hydroxyl groups is 1. The zero-order valence-corrected chi connectivity index (χ0v) is 10.1. The lowest BCUT2D eigenvalue weighted by atomic mass is 10.00. The van der Waals surface area contributed by atoms with Gasteiger partial charge >= 0.3 is 0 Å². The van der Waals surface area contributed by atoms with Crippen LogP contribution in [0.3, 0.4) is 0 Å². The fraction of sp³-hybridized carbons (Fsp3) is 0.455. The molecular formula is C11H15BrO2. The van der Waals surface area contributed by atoms with Crippen molar-refractivity contribution < 1.29 is 10.2 Å². The number of hydrogen-bond donors (Lipinski definition) is 2. The fourth-order valence-corrected chi connectivity index (χ4v) is 2.07. The van der Waals surface area contributed by atoms with Crippen LogP contribution >= 0.6 is 15.9 Å². The van der Waals surface area contributed by atoms with Crippen molar-refractivity contribution in [2.75, 3.05) is 6.61 Å². The molecule has 14 heavy (non-hydrogen) atoms. The number of aryl methyl sites for hydroxylation is 1. The average Bonchev–Trinajstić information content (AvgIpc) is 2.15. The molecule has 2 nitrogen and oxygen atoms in total. The maximum atomic E-state index is 9.83. The molecule has 0 radical (unpaired) electrons. The highest BCUT2D eigenvalue weighted by atomic mass is 79.9. The van der Waals surface area contributed by atoms with Crippen LogP contribution in [0.5, 0.6) is 5.75 Å². The maximum absolute atomic E-state index is 9.83. The molecule has 1 rings (SSSR count). The van der Waals surface area contributed by atoms with E-state index >= 15 is 0 Å². The summed E-state index contributed by atoms with van der Waals surface area (Å²) in [5.74, 6) is 0.360. The summed E-state index contributed by atoms with van der Waals surface area (Å²) < 4.78 is 1.01. The SMILES string of the molecule is Cc1cc(Br)c(C)c(CCCO)c1O. The topological polar surface area (TPSA) is 40.5 Å². The summed E-state index contributed by atoms with van der Waals surface area (Å²) in [5.41, 5.74) is 2.86. The van der Waals surface area contributed by atoms with Crippen molar-refractivity contribution in [1.82, 2.24) is 0 Å². The second-order valence-electron chi connectivity index (χ2n) is 3.45. The molecule has 0 saturated carbocycles. The van der Waals surface area contributed by atoms with E-state index in [4.69, 9.17) is 5.11 Å². The lowest BCUT2D eigenvalue weighted by Crippen LogP contribution is -1.96. The van der Waals surface area contributed by atoms with Gasteiger partial charge in [0.25, 0.3) is 0 Å². The number of phenolic OH excluding ortho intramolecular Hbond substituents is 1. The van der Waals surface area contributed by atoms with Gasteiger partial charge in [-0.2, -0.15) is 0 Å². The Hall–Kier alpha value is -0.540. The van der Waals surface area contributed by atoms with Gasteiger partial charge in [0.2, 0.25) is 0 Å². The van der Waals surface area contributed by atoms with Crippen molar-refractivity contribution in [3.8, 4) is 5.75 Å². The first-order chi connectivity index (χ1) is 6.57. The highest BCUT2D eigenvalue weighted by Crippen LogP contribution is 2.32.